The molecule has 2 aromatic heterocycles. The second-order valence-electron chi connectivity index (χ2n) is 7.45. The van der Waals surface area contributed by atoms with E-state index in [1.54, 1.807) is 30.3 Å². The van der Waals surface area contributed by atoms with Gasteiger partial charge in [0.2, 0.25) is 6.73 Å². The molecule has 11 heteroatoms. The van der Waals surface area contributed by atoms with Crippen molar-refractivity contribution in [3.05, 3.63) is 95.6 Å². The van der Waals surface area contributed by atoms with Gasteiger partial charge in [-0.25, -0.2) is 18.0 Å². The zero-order valence-corrected chi connectivity index (χ0v) is 18.8. The number of ether oxygens (including phenoxy) is 1. The van der Waals surface area contributed by atoms with E-state index in [9.17, 15) is 8.96 Å². The van der Waals surface area contributed by atoms with Gasteiger partial charge in [0, 0.05) is 18.6 Å². The number of anilines is 1. The van der Waals surface area contributed by atoms with E-state index in [-0.39, 0.29) is 11.6 Å². The van der Waals surface area contributed by atoms with Crippen LogP contribution in [0.25, 0.3) is 11.3 Å². The highest BCUT2D eigenvalue weighted by Gasteiger charge is 2.20. The van der Waals surface area contributed by atoms with E-state index in [4.69, 9.17) is 24.8 Å². The molecule has 0 fully saturated rings. The molecule has 0 saturated carbocycles. The quantitative estimate of drug-likeness (QED) is 0.242. The van der Waals surface area contributed by atoms with E-state index in [0.717, 1.165) is 11.1 Å². The van der Waals surface area contributed by atoms with Crippen molar-refractivity contribution in [2.45, 2.75) is 19.8 Å². The van der Waals surface area contributed by atoms with Gasteiger partial charge >= 0.3 is 7.82 Å². The second-order valence-corrected chi connectivity index (χ2v) is 8.69. The number of benzene rings is 2. The molecule has 0 aliphatic rings. The van der Waals surface area contributed by atoms with Crippen LogP contribution in [0.3, 0.4) is 0 Å². The third-order valence-electron chi connectivity index (χ3n) is 4.91. The van der Waals surface area contributed by atoms with Crippen LogP contribution in [-0.2, 0) is 28.8 Å². The zero-order valence-electron chi connectivity index (χ0n) is 17.9. The Morgan fingerprint density at radius 2 is 1.82 bits per heavy atom. The van der Waals surface area contributed by atoms with Crippen LogP contribution >= 0.6 is 7.82 Å². The number of hydrogen-bond acceptors (Lipinski definition) is 6. The Labute approximate surface area is 194 Å². The molecule has 0 radical (unpaired) electrons. The third-order valence-corrected chi connectivity index (χ3v) is 5.37. The van der Waals surface area contributed by atoms with E-state index in [0.29, 0.717) is 35.8 Å². The molecule has 0 amide bonds. The summed E-state index contributed by atoms with van der Waals surface area (Å²) in [6, 6.07) is 18.9. The van der Waals surface area contributed by atoms with Gasteiger partial charge in [0.15, 0.2) is 5.76 Å². The van der Waals surface area contributed by atoms with Crippen LogP contribution in [0, 0.1) is 5.82 Å². The van der Waals surface area contributed by atoms with E-state index < -0.39 is 14.6 Å². The molecule has 0 atom stereocenters. The smallest absolute Gasteiger partial charge is 0.472 e. The van der Waals surface area contributed by atoms with Gasteiger partial charge in [0.1, 0.15) is 23.7 Å². The normalized spacial score (nSPS) is 11.5. The van der Waals surface area contributed by atoms with Crippen molar-refractivity contribution < 1.29 is 37.1 Å². The minimum absolute atomic E-state index is 0.210. The lowest BCUT2D eigenvalue weighted by molar-refractivity contribution is -0.711. The molecule has 0 bridgehead atoms. The molecule has 0 saturated heterocycles. The van der Waals surface area contributed by atoms with Gasteiger partial charge in [-0.15, -0.1) is 0 Å². The monoisotopic (exact) mass is 486 g/mol. The first-order valence-electron chi connectivity index (χ1n) is 10.2. The summed E-state index contributed by atoms with van der Waals surface area (Å²) in [6.07, 6.45) is 2.05. The van der Waals surface area contributed by atoms with Gasteiger partial charge in [0.05, 0.1) is 11.9 Å². The minimum atomic E-state index is -4.63. The van der Waals surface area contributed by atoms with Crippen molar-refractivity contribution >= 4 is 13.6 Å². The zero-order chi connectivity index (χ0) is 24.1. The number of nitrogens with zero attached hydrogens (tertiary/aromatic N) is 2. The number of phosphoric ester groups is 1. The van der Waals surface area contributed by atoms with Gasteiger partial charge in [-0.2, -0.15) is 0 Å². The van der Waals surface area contributed by atoms with Crippen LogP contribution in [0.5, 0.6) is 5.75 Å². The van der Waals surface area contributed by atoms with Crippen LogP contribution in [0.15, 0.2) is 77.4 Å². The standard InChI is InChI=1S/C23H21FN3O6P/c24-18-3-1-4-20(12-18)31-14-17-8-6-16(7-9-17)11-19-13-22(33-26-19)21-5-2-10-27(23(21)25)15-32-34(28,29)30/h1-10,12-13,25H,11,14-15H2,(H2,28,29,30)/p+1. The summed E-state index contributed by atoms with van der Waals surface area (Å²) in [5.74, 6) is 0.745. The summed E-state index contributed by atoms with van der Waals surface area (Å²) in [7, 11) is -4.63. The molecule has 9 nitrogen and oxygen atoms in total. The Kier molecular flexibility index (Phi) is 7.04. The molecule has 0 aliphatic heterocycles. The lowest BCUT2D eigenvalue weighted by Gasteiger charge is -2.07. The summed E-state index contributed by atoms with van der Waals surface area (Å²) in [5.41, 5.74) is 9.24. The van der Waals surface area contributed by atoms with Crippen LogP contribution in [0.4, 0.5) is 10.2 Å². The Bertz CT molecular complexity index is 1320. The molecular formula is C23H22FN3O6P+. The number of halogens is 1. The maximum atomic E-state index is 13.2. The van der Waals surface area contributed by atoms with Crippen LogP contribution in [0.2, 0.25) is 0 Å². The second kappa shape index (κ2) is 10.1. The Morgan fingerprint density at radius 1 is 1.06 bits per heavy atom. The average Bonchev–Trinajstić information content (AvgIpc) is 3.25. The number of nitrogen functional groups attached to an aromatic ring is 1. The Hall–Kier alpha value is -3.56. The molecule has 0 aliphatic carbocycles. The Balaban J connectivity index is 1.40. The number of nitrogens with two attached hydrogens (primary N) is 1. The summed E-state index contributed by atoms with van der Waals surface area (Å²) in [4.78, 5) is 17.8. The van der Waals surface area contributed by atoms with Gasteiger partial charge < -0.3 is 19.0 Å². The number of hydrogen-bond donors (Lipinski definition) is 3. The molecule has 4 rings (SSSR count). The molecule has 176 valence electrons. The fraction of sp³-hybridized carbons (Fsp3) is 0.130. The predicted octanol–water partition coefficient (Wildman–Crippen LogP) is 3.59. The fourth-order valence-electron chi connectivity index (χ4n) is 3.23. The average molecular weight is 486 g/mol. The van der Waals surface area contributed by atoms with E-state index in [1.807, 2.05) is 24.3 Å². The van der Waals surface area contributed by atoms with E-state index in [1.165, 1.54) is 22.9 Å². The molecular weight excluding hydrogens is 464 g/mol. The SMILES string of the molecule is Nc1c(-c2cc(Cc3ccc(COc4cccc(F)c4)cc3)no2)ccc[n+]1COP(=O)(O)O. The molecule has 0 unspecified atom stereocenters. The van der Waals surface area contributed by atoms with E-state index >= 15 is 0 Å². The summed E-state index contributed by atoms with van der Waals surface area (Å²) in [5, 5.41) is 4.09. The predicted molar refractivity (Wildman–Crippen MR) is 120 cm³/mol. The topological polar surface area (TPSA) is 132 Å². The van der Waals surface area contributed by atoms with E-state index in [2.05, 4.69) is 9.68 Å². The Morgan fingerprint density at radius 3 is 2.56 bits per heavy atom. The van der Waals surface area contributed by atoms with Crippen molar-refractivity contribution in [3.63, 3.8) is 0 Å². The molecule has 2 aromatic carbocycles. The maximum Gasteiger partial charge on any atom is 0.472 e. The minimum Gasteiger partial charge on any atom is -0.489 e. The summed E-state index contributed by atoms with van der Waals surface area (Å²) < 4.78 is 41.1. The van der Waals surface area contributed by atoms with Crippen molar-refractivity contribution in [1.82, 2.24) is 5.16 Å². The highest BCUT2D eigenvalue weighted by molar-refractivity contribution is 7.46. The first-order valence-corrected chi connectivity index (χ1v) is 11.7. The summed E-state index contributed by atoms with van der Waals surface area (Å²) >= 11 is 0. The summed E-state index contributed by atoms with van der Waals surface area (Å²) in [6.45, 7) is -0.100. The highest BCUT2D eigenvalue weighted by Crippen LogP contribution is 2.35. The number of aromatic nitrogens is 2. The van der Waals surface area contributed by atoms with Crippen molar-refractivity contribution in [2.24, 2.45) is 0 Å². The van der Waals surface area contributed by atoms with Crippen molar-refractivity contribution in [1.29, 1.82) is 0 Å². The van der Waals surface area contributed by atoms with Gasteiger partial charge in [0.25, 0.3) is 5.82 Å². The molecule has 0 spiro atoms. The lowest BCUT2D eigenvalue weighted by atomic mass is 10.1. The van der Waals surface area contributed by atoms with Gasteiger partial charge in [-0.3, -0.25) is 5.73 Å². The molecule has 4 N–H and O–H groups in total. The first-order chi connectivity index (χ1) is 16.3. The largest absolute Gasteiger partial charge is 0.489 e. The first kappa shape index (κ1) is 23.6. The third kappa shape index (κ3) is 6.27. The van der Waals surface area contributed by atoms with Crippen LogP contribution in [-0.4, -0.2) is 14.9 Å². The molecule has 4 aromatic rings. The molecule has 34 heavy (non-hydrogen) atoms. The van der Waals surface area contributed by atoms with Crippen molar-refractivity contribution in [2.75, 3.05) is 5.73 Å². The van der Waals surface area contributed by atoms with Gasteiger partial charge in [-0.05, 0) is 35.4 Å². The fourth-order valence-corrected chi connectivity index (χ4v) is 3.50. The number of phosphoric acid groups is 1. The lowest BCUT2D eigenvalue weighted by Crippen LogP contribution is -2.38. The van der Waals surface area contributed by atoms with Crippen LogP contribution in [0.1, 0.15) is 16.8 Å². The van der Waals surface area contributed by atoms with Gasteiger partial charge in [-0.1, -0.05) is 35.5 Å². The maximum absolute atomic E-state index is 13.2. The van der Waals surface area contributed by atoms with Crippen molar-refractivity contribution in [3.8, 4) is 17.1 Å². The number of rotatable bonds is 9. The molecule has 2 heterocycles. The number of pyridine rings is 1. The highest BCUT2D eigenvalue weighted by atomic mass is 31.2. The van der Waals surface area contributed by atoms with Crippen LogP contribution < -0.4 is 15.0 Å².